The SMILES string of the molecule is COc1cccc(-n2nnc(C(=O)Nc3cc(Cl)ccc3Cl)c2C)c1. The monoisotopic (exact) mass is 376 g/mol. The highest BCUT2D eigenvalue weighted by molar-refractivity contribution is 6.35. The van der Waals surface area contributed by atoms with Gasteiger partial charge in [-0.2, -0.15) is 0 Å². The van der Waals surface area contributed by atoms with E-state index in [0.717, 1.165) is 5.69 Å². The first-order valence-electron chi connectivity index (χ1n) is 7.32. The summed E-state index contributed by atoms with van der Waals surface area (Å²) in [4.78, 5) is 12.5. The maximum absolute atomic E-state index is 12.5. The Morgan fingerprint density at radius 2 is 2.00 bits per heavy atom. The van der Waals surface area contributed by atoms with Crippen molar-refractivity contribution in [1.29, 1.82) is 0 Å². The third-order valence-electron chi connectivity index (χ3n) is 3.58. The molecule has 1 amide bonds. The zero-order valence-corrected chi connectivity index (χ0v) is 15.0. The van der Waals surface area contributed by atoms with Crippen LogP contribution in [0.5, 0.6) is 5.75 Å². The number of rotatable bonds is 4. The number of hydrogen-bond acceptors (Lipinski definition) is 4. The second-order valence-corrected chi connectivity index (χ2v) is 6.06. The highest BCUT2D eigenvalue weighted by Crippen LogP contribution is 2.26. The van der Waals surface area contributed by atoms with Crippen LogP contribution in [0.3, 0.4) is 0 Å². The van der Waals surface area contributed by atoms with Gasteiger partial charge in [0.25, 0.3) is 5.91 Å². The molecule has 0 saturated carbocycles. The van der Waals surface area contributed by atoms with Crippen LogP contribution in [0.15, 0.2) is 42.5 Å². The van der Waals surface area contributed by atoms with E-state index < -0.39 is 5.91 Å². The van der Waals surface area contributed by atoms with Gasteiger partial charge in [0.05, 0.1) is 29.2 Å². The molecule has 3 aromatic rings. The van der Waals surface area contributed by atoms with Crippen molar-refractivity contribution >= 4 is 34.8 Å². The van der Waals surface area contributed by atoms with E-state index >= 15 is 0 Å². The van der Waals surface area contributed by atoms with E-state index in [1.807, 2.05) is 18.2 Å². The standard InChI is InChI=1S/C17H14Cl2N4O2/c1-10-16(17(24)20-15-8-11(18)6-7-14(15)19)21-22-23(10)12-4-3-5-13(9-12)25-2/h3-9H,1-2H3,(H,20,24). The van der Waals surface area contributed by atoms with E-state index in [-0.39, 0.29) is 5.69 Å². The summed E-state index contributed by atoms with van der Waals surface area (Å²) in [7, 11) is 1.58. The van der Waals surface area contributed by atoms with Crippen LogP contribution < -0.4 is 10.1 Å². The molecule has 0 aliphatic heterocycles. The Morgan fingerprint density at radius 1 is 1.20 bits per heavy atom. The van der Waals surface area contributed by atoms with Crippen LogP contribution in [0.4, 0.5) is 5.69 Å². The molecule has 6 nitrogen and oxygen atoms in total. The zero-order chi connectivity index (χ0) is 18.0. The molecule has 25 heavy (non-hydrogen) atoms. The number of nitrogens with one attached hydrogen (secondary N) is 1. The van der Waals surface area contributed by atoms with Crippen molar-refractivity contribution in [2.75, 3.05) is 12.4 Å². The van der Waals surface area contributed by atoms with Gasteiger partial charge in [0, 0.05) is 11.1 Å². The van der Waals surface area contributed by atoms with E-state index in [2.05, 4.69) is 15.6 Å². The van der Waals surface area contributed by atoms with Crippen LogP contribution in [0, 0.1) is 6.92 Å². The van der Waals surface area contributed by atoms with Gasteiger partial charge in [-0.25, -0.2) is 4.68 Å². The topological polar surface area (TPSA) is 69.0 Å². The molecule has 0 fully saturated rings. The Kier molecular flexibility index (Phi) is 4.92. The number of hydrogen-bond donors (Lipinski definition) is 1. The van der Waals surface area contributed by atoms with Crippen LogP contribution in [0.2, 0.25) is 10.0 Å². The number of ether oxygens (including phenoxy) is 1. The van der Waals surface area contributed by atoms with Gasteiger partial charge in [0.1, 0.15) is 5.75 Å². The summed E-state index contributed by atoms with van der Waals surface area (Å²) in [5.41, 5.74) is 1.93. The molecule has 1 N–H and O–H groups in total. The molecule has 1 heterocycles. The summed E-state index contributed by atoms with van der Waals surface area (Å²) in [6, 6.07) is 12.1. The molecule has 0 radical (unpaired) electrons. The second kappa shape index (κ2) is 7.13. The number of benzene rings is 2. The van der Waals surface area contributed by atoms with Crippen molar-refractivity contribution in [3.05, 3.63) is 63.9 Å². The lowest BCUT2D eigenvalue weighted by molar-refractivity contribution is 0.102. The number of carbonyl (C=O) groups is 1. The smallest absolute Gasteiger partial charge is 0.278 e. The third kappa shape index (κ3) is 3.60. The lowest BCUT2D eigenvalue weighted by Crippen LogP contribution is -2.14. The summed E-state index contributed by atoms with van der Waals surface area (Å²) in [6.07, 6.45) is 0. The number of aromatic nitrogens is 3. The molecule has 0 atom stereocenters. The first-order valence-corrected chi connectivity index (χ1v) is 8.08. The number of nitrogens with zero attached hydrogens (tertiary/aromatic N) is 3. The van der Waals surface area contributed by atoms with Crippen molar-refractivity contribution in [3.8, 4) is 11.4 Å². The minimum absolute atomic E-state index is 0.193. The van der Waals surface area contributed by atoms with Gasteiger partial charge < -0.3 is 10.1 Å². The van der Waals surface area contributed by atoms with Crippen molar-refractivity contribution in [1.82, 2.24) is 15.0 Å². The van der Waals surface area contributed by atoms with E-state index in [9.17, 15) is 4.79 Å². The Bertz CT molecular complexity index is 940. The van der Waals surface area contributed by atoms with E-state index in [0.29, 0.717) is 27.2 Å². The summed E-state index contributed by atoms with van der Waals surface area (Å²) >= 11 is 12.0. The maximum Gasteiger partial charge on any atom is 0.278 e. The van der Waals surface area contributed by atoms with Crippen molar-refractivity contribution in [3.63, 3.8) is 0 Å². The van der Waals surface area contributed by atoms with Crippen LogP contribution in [0.1, 0.15) is 16.2 Å². The normalized spacial score (nSPS) is 10.6. The fourth-order valence-corrected chi connectivity index (χ4v) is 2.64. The summed E-state index contributed by atoms with van der Waals surface area (Å²) < 4.78 is 6.77. The second-order valence-electron chi connectivity index (χ2n) is 5.22. The predicted octanol–water partition coefficient (Wildman–Crippen LogP) is 4.14. The molecule has 0 unspecified atom stereocenters. The molecular formula is C17H14Cl2N4O2. The average Bonchev–Trinajstić information content (AvgIpc) is 3.00. The Morgan fingerprint density at radius 3 is 2.76 bits per heavy atom. The lowest BCUT2D eigenvalue weighted by Gasteiger charge is -2.08. The highest BCUT2D eigenvalue weighted by Gasteiger charge is 2.18. The third-order valence-corrected chi connectivity index (χ3v) is 4.15. The first-order chi connectivity index (χ1) is 12.0. The number of anilines is 1. The molecule has 3 rings (SSSR count). The average molecular weight is 377 g/mol. The highest BCUT2D eigenvalue weighted by atomic mass is 35.5. The minimum atomic E-state index is -0.421. The first kappa shape index (κ1) is 17.3. The molecule has 0 aliphatic rings. The molecule has 2 aromatic carbocycles. The number of carbonyl (C=O) groups excluding carboxylic acids is 1. The van der Waals surface area contributed by atoms with Crippen LogP contribution in [-0.4, -0.2) is 28.0 Å². The lowest BCUT2D eigenvalue weighted by atomic mass is 10.2. The number of methoxy groups -OCH3 is 1. The van der Waals surface area contributed by atoms with Crippen LogP contribution in [0.25, 0.3) is 5.69 Å². The van der Waals surface area contributed by atoms with Gasteiger partial charge in [-0.05, 0) is 37.3 Å². The van der Waals surface area contributed by atoms with Crippen LogP contribution in [-0.2, 0) is 0 Å². The largest absolute Gasteiger partial charge is 0.497 e. The molecule has 8 heteroatoms. The van der Waals surface area contributed by atoms with Crippen molar-refractivity contribution < 1.29 is 9.53 Å². The van der Waals surface area contributed by atoms with Crippen molar-refractivity contribution in [2.45, 2.75) is 6.92 Å². The van der Waals surface area contributed by atoms with Crippen molar-refractivity contribution in [2.24, 2.45) is 0 Å². The van der Waals surface area contributed by atoms with Gasteiger partial charge in [0.15, 0.2) is 5.69 Å². The summed E-state index contributed by atoms with van der Waals surface area (Å²) in [5.74, 6) is 0.264. The fraction of sp³-hybridized carbons (Fsp3) is 0.118. The van der Waals surface area contributed by atoms with E-state index in [1.54, 1.807) is 43.0 Å². The van der Waals surface area contributed by atoms with Gasteiger partial charge in [0.2, 0.25) is 0 Å². The fourth-order valence-electron chi connectivity index (χ4n) is 2.30. The molecule has 128 valence electrons. The zero-order valence-electron chi connectivity index (χ0n) is 13.5. The maximum atomic E-state index is 12.5. The summed E-state index contributed by atoms with van der Waals surface area (Å²) in [5, 5.41) is 11.6. The predicted molar refractivity (Wildman–Crippen MR) is 97.1 cm³/mol. The molecular weight excluding hydrogens is 363 g/mol. The Balaban J connectivity index is 1.90. The van der Waals surface area contributed by atoms with Gasteiger partial charge in [-0.3, -0.25) is 4.79 Å². The Hall–Kier alpha value is -2.57. The number of amides is 1. The Labute approximate surface area is 154 Å². The van der Waals surface area contributed by atoms with E-state index in [4.69, 9.17) is 27.9 Å². The minimum Gasteiger partial charge on any atom is -0.497 e. The van der Waals surface area contributed by atoms with Gasteiger partial charge in [-0.1, -0.05) is 34.5 Å². The quantitative estimate of drug-likeness (QED) is 0.742. The molecule has 0 saturated heterocycles. The molecule has 0 bridgehead atoms. The van der Waals surface area contributed by atoms with Gasteiger partial charge in [-0.15, -0.1) is 5.10 Å². The molecule has 1 aromatic heterocycles. The number of halogens is 2. The van der Waals surface area contributed by atoms with Crippen LogP contribution >= 0.6 is 23.2 Å². The summed E-state index contributed by atoms with van der Waals surface area (Å²) in [6.45, 7) is 1.76. The van der Waals surface area contributed by atoms with E-state index in [1.165, 1.54) is 0 Å². The molecule has 0 aliphatic carbocycles. The van der Waals surface area contributed by atoms with Gasteiger partial charge >= 0.3 is 0 Å². The molecule has 0 spiro atoms.